The zero-order valence-corrected chi connectivity index (χ0v) is 7.04. The lowest BCUT2D eigenvalue weighted by molar-refractivity contribution is 0.000603. The highest BCUT2D eigenvalue weighted by Gasteiger charge is 2.26. The van der Waals surface area contributed by atoms with Crippen molar-refractivity contribution in [1.29, 1.82) is 0 Å². The molecule has 1 aromatic carbocycles. The molecule has 1 aliphatic heterocycles. The highest BCUT2D eigenvalue weighted by Crippen LogP contribution is 2.29. The van der Waals surface area contributed by atoms with Crippen LogP contribution in [0.5, 0.6) is 5.75 Å². The topological polar surface area (TPSA) is 9.23 Å². The first-order chi connectivity index (χ1) is 6.27. The maximum absolute atomic E-state index is 12.3. The SMILES string of the molecule is FC(F)[C@@H]1CCc2ccccc2O1. The van der Waals surface area contributed by atoms with Gasteiger partial charge in [0.2, 0.25) is 0 Å². The molecule has 0 spiro atoms. The summed E-state index contributed by atoms with van der Waals surface area (Å²) in [5.74, 6) is 0.610. The Balaban J connectivity index is 2.20. The smallest absolute Gasteiger partial charge is 0.274 e. The van der Waals surface area contributed by atoms with Crippen LogP contribution in [0.1, 0.15) is 12.0 Å². The van der Waals surface area contributed by atoms with Gasteiger partial charge in [-0.05, 0) is 24.5 Å². The highest BCUT2D eigenvalue weighted by molar-refractivity contribution is 5.35. The Morgan fingerprint density at radius 2 is 2.08 bits per heavy atom. The summed E-state index contributed by atoms with van der Waals surface area (Å²) < 4.78 is 29.7. The van der Waals surface area contributed by atoms with Gasteiger partial charge in [-0.1, -0.05) is 18.2 Å². The average molecular weight is 184 g/mol. The molecule has 1 heterocycles. The lowest BCUT2D eigenvalue weighted by Gasteiger charge is -2.25. The van der Waals surface area contributed by atoms with Crippen LogP contribution in [-0.2, 0) is 6.42 Å². The average Bonchev–Trinajstić information content (AvgIpc) is 2.17. The fourth-order valence-electron chi connectivity index (χ4n) is 1.52. The van der Waals surface area contributed by atoms with Gasteiger partial charge in [-0.2, -0.15) is 0 Å². The van der Waals surface area contributed by atoms with Crippen molar-refractivity contribution in [2.24, 2.45) is 0 Å². The number of hydrogen-bond donors (Lipinski definition) is 0. The Kier molecular flexibility index (Phi) is 2.17. The predicted molar refractivity (Wildman–Crippen MR) is 45.2 cm³/mol. The minimum absolute atomic E-state index is 0.411. The predicted octanol–water partition coefficient (Wildman–Crippen LogP) is 2.65. The molecular weight excluding hydrogens is 174 g/mol. The van der Waals surface area contributed by atoms with Crippen molar-refractivity contribution in [2.75, 3.05) is 0 Å². The van der Waals surface area contributed by atoms with Crippen LogP contribution >= 0.6 is 0 Å². The molecule has 1 nitrogen and oxygen atoms in total. The molecule has 0 N–H and O–H groups in total. The molecule has 0 fully saturated rings. The number of rotatable bonds is 1. The molecule has 1 aliphatic rings. The summed E-state index contributed by atoms with van der Waals surface area (Å²) in [6.07, 6.45) is -2.21. The van der Waals surface area contributed by atoms with Gasteiger partial charge in [0.15, 0.2) is 6.10 Å². The lowest BCUT2D eigenvalue weighted by Crippen LogP contribution is -2.29. The number of aryl methyl sites for hydroxylation is 1. The number of halogens is 2. The number of ether oxygens (including phenoxy) is 1. The normalized spacial score (nSPS) is 21.0. The van der Waals surface area contributed by atoms with Crippen LogP contribution in [0.4, 0.5) is 8.78 Å². The maximum Gasteiger partial charge on any atom is 0.274 e. The minimum Gasteiger partial charge on any atom is -0.484 e. The first-order valence-corrected chi connectivity index (χ1v) is 4.30. The number of alkyl halides is 2. The van der Waals surface area contributed by atoms with E-state index in [1.165, 1.54) is 0 Å². The number of para-hydroxylation sites is 1. The first kappa shape index (κ1) is 8.48. The van der Waals surface area contributed by atoms with Gasteiger partial charge in [-0.3, -0.25) is 0 Å². The molecule has 13 heavy (non-hydrogen) atoms. The van der Waals surface area contributed by atoms with E-state index < -0.39 is 12.5 Å². The Morgan fingerprint density at radius 1 is 1.31 bits per heavy atom. The third-order valence-corrected chi connectivity index (χ3v) is 2.23. The van der Waals surface area contributed by atoms with Crippen molar-refractivity contribution >= 4 is 0 Å². The van der Waals surface area contributed by atoms with Gasteiger partial charge < -0.3 is 4.74 Å². The standard InChI is InChI=1S/C10H10F2O/c11-10(12)9-6-5-7-3-1-2-4-8(7)13-9/h1-4,9-10H,5-6H2/t9-/m0/s1. The van der Waals surface area contributed by atoms with E-state index in [0.29, 0.717) is 18.6 Å². The summed E-state index contributed by atoms with van der Waals surface area (Å²) in [6, 6.07) is 7.35. The number of benzene rings is 1. The molecule has 0 aromatic heterocycles. The van der Waals surface area contributed by atoms with Crippen LogP contribution in [0.15, 0.2) is 24.3 Å². The Labute approximate surface area is 75.3 Å². The minimum atomic E-state index is -2.38. The van der Waals surface area contributed by atoms with E-state index in [1.807, 2.05) is 12.1 Å². The van der Waals surface area contributed by atoms with E-state index in [2.05, 4.69) is 0 Å². The molecule has 0 aliphatic carbocycles. The molecule has 70 valence electrons. The van der Waals surface area contributed by atoms with E-state index >= 15 is 0 Å². The van der Waals surface area contributed by atoms with Crippen molar-refractivity contribution in [2.45, 2.75) is 25.4 Å². The molecule has 0 saturated carbocycles. The molecule has 0 unspecified atom stereocenters. The molecular formula is C10H10F2O. The summed E-state index contributed by atoms with van der Waals surface area (Å²) in [4.78, 5) is 0. The Bertz CT molecular complexity index is 299. The molecule has 1 atom stereocenters. The van der Waals surface area contributed by atoms with E-state index in [4.69, 9.17) is 4.74 Å². The van der Waals surface area contributed by atoms with Crippen LogP contribution in [0.25, 0.3) is 0 Å². The monoisotopic (exact) mass is 184 g/mol. The summed E-state index contributed by atoms with van der Waals surface area (Å²) in [5.41, 5.74) is 1.03. The van der Waals surface area contributed by atoms with Gasteiger partial charge in [0, 0.05) is 0 Å². The van der Waals surface area contributed by atoms with Crippen LogP contribution in [-0.4, -0.2) is 12.5 Å². The zero-order valence-electron chi connectivity index (χ0n) is 7.04. The molecule has 0 bridgehead atoms. The van der Waals surface area contributed by atoms with E-state index in [0.717, 1.165) is 5.56 Å². The fourth-order valence-corrected chi connectivity index (χ4v) is 1.52. The van der Waals surface area contributed by atoms with Crippen molar-refractivity contribution < 1.29 is 13.5 Å². The summed E-state index contributed by atoms with van der Waals surface area (Å²) in [7, 11) is 0. The number of fused-ring (bicyclic) bond motifs is 1. The van der Waals surface area contributed by atoms with Gasteiger partial charge >= 0.3 is 0 Å². The van der Waals surface area contributed by atoms with Crippen molar-refractivity contribution in [3.63, 3.8) is 0 Å². The van der Waals surface area contributed by atoms with E-state index in [1.54, 1.807) is 12.1 Å². The third kappa shape index (κ3) is 1.64. The van der Waals surface area contributed by atoms with Crippen molar-refractivity contribution in [3.8, 4) is 5.75 Å². The maximum atomic E-state index is 12.3. The molecule has 2 rings (SSSR count). The zero-order chi connectivity index (χ0) is 9.26. The first-order valence-electron chi connectivity index (χ1n) is 4.30. The summed E-state index contributed by atoms with van der Waals surface area (Å²) in [6.45, 7) is 0. The second kappa shape index (κ2) is 3.32. The van der Waals surface area contributed by atoms with Crippen LogP contribution in [0, 0.1) is 0 Å². The molecule has 3 heteroatoms. The fraction of sp³-hybridized carbons (Fsp3) is 0.400. The van der Waals surface area contributed by atoms with Gasteiger partial charge in [0.05, 0.1) is 0 Å². The van der Waals surface area contributed by atoms with Gasteiger partial charge in [0.25, 0.3) is 6.43 Å². The van der Waals surface area contributed by atoms with Gasteiger partial charge in [-0.15, -0.1) is 0 Å². The highest BCUT2D eigenvalue weighted by atomic mass is 19.3. The summed E-state index contributed by atoms with van der Waals surface area (Å²) >= 11 is 0. The van der Waals surface area contributed by atoms with E-state index in [-0.39, 0.29) is 0 Å². The second-order valence-electron chi connectivity index (χ2n) is 3.14. The Morgan fingerprint density at radius 3 is 2.85 bits per heavy atom. The molecule has 0 saturated heterocycles. The molecule has 0 amide bonds. The van der Waals surface area contributed by atoms with Crippen LogP contribution in [0.3, 0.4) is 0 Å². The Hall–Kier alpha value is -1.12. The van der Waals surface area contributed by atoms with Gasteiger partial charge in [-0.25, -0.2) is 8.78 Å². The van der Waals surface area contributed by atoms with Crippen LogP contribution in [0.2, 0.25) is 0 Å². The van der Waals surface area contributed by atoms with Crippen LogP contribution < -0.4 is 4.74 Å². The quantitative estimate of drug-likeness (QED) is 0.652. The third-order valence-electron chi connectivity index (χ3n) is 2.23. The lowest BCUT2D eigenvalue weighted by atomic mass is 10.0. The molecule has 1 aromatic rings. The largest absolute Gasteiger partial charge is 0.484 e. The summed E-state index contributed by atoms with van der Waals surface area (Å²) in [5, 5.41) is 0. The van der Waals surface area contributed by atoms with Crippen molar-refractivity contribution in [1.82, 2.24) is 0 Å². The second-order valence-corrected chi connectivity index (χ2v) is 3.14. The van der Waals surface area contributed by atoms with E-state index in [9.17, 15) is 8.78 Å². The molecule has 0 radical (unpaired) electrons. The number of hydrogen-bond acceptors (Lipinski definition) is 1. The van der Waals surface area contributed by atoms with Crippen molar-refractivity contribution in [3.05, 3.63) is 29.8 Å². The van der Waals surface area contributed by atoms with Gasteiger partial charge in [0.1, 0.15) is 5.75 Å².